The van der Waals surface area contributed by atoms with E-state index in [2.05, 4.69) is 15.4 Å². The van der Waals surface area contributed by atoms with Crippen molar-refractivity contribution >= 4 is 17.5 Å². The number of nitrogens with one attached hydrogen (secondary N) is 1. The number of rotatable bonds is 5. The minimum atomic E-state index is -0.214. The second kappa shape index (κ2) is 8.08. The summed E-state index contributed by atoms with van der Waals surface area (Å²) in [5.74, 6) is -0.261. The number of hydrogen-bond acceptors (Lipinski definition) is 4. The van der Waals surface area contributed by atoms with Crippen LogP contribution >= 0.6 is 0 Å². The molecule has 8 heteroatoms. The van der Waals surface area contributed by atoms with E-state index in [0.29, 0.717) is 13.1 Å². The molecule has 144 valence electrons. The van der Waals surface area contributed by atoms with Crippen LogP contribution in [0.15, 0.2) is 61.4 Å². The predicted molar refractivity (Wildman–Crippen MR) is 104 cm³/mol. The normalized spacial score (nSPS) is 16.7. The van der Waals surface area contributed by atoms with Gasteiger partial charge in [-0.25, -0.2) is 9.67 Å². The molecule has 4 rings (SSSR count). The highest BCUT2D eigenvalue weighted by molar-refractivity contribution is 5.93. The zero-order valence-electron chi connectivity index (χ0n) is 15.4. The summed E-state index contributed by atoms with van der Waals surface area (Å²) in [6, 6.07) is 9.41. The van der Waals surface area contributed by atoms with E-state index < -0.39 is 0 Å². The van der Waals surface area contributed by atoms with E-state index in [1.165, 1.54) is 0 Å². The summed E-state index contributed by atoms with van der Waals surface area (Å²) in [7, 11) is 0. The van der Waals surface area contributed by atoms with Gasteiger partial charge in [0.05, 0.1) is 17.9 Å². The van der Waals surface area contributed by atoms with E-state index in [1.807, 2.05) is 36.5 Å². The molecule has 8 nitrogen and oxygen atoms in total. The Bertz CT molecular complexity index is 936. The minimum absolute atomic E-state index is 0.0104. The maximum atomic E-state index is 12.8. The van der Waals surface area contributed by atoms with Crippen LogP contribution in [0.4, 0.5) is 5.69 Å². The lowest BCUT2D eigenvalue weighted by Gasteiger charge is -2.32. The van der Waals surface area contributed by atoms with Crippen molar-refractivity contribution in [1.82, 2.24) is 24.2 Å². The third-order valence-corrected chi connectivity index (χ3v) is 4.90. The number of benzene rings is 1. The van der Waals surface area contributed by atoms with Crippen LogP contribution in [0.3, 0.4) is 0 Å². The number of hydrogen-bond donors (Lipinski definition) is 1. The van der Waals surface area contributed by atoms with Gasteiger partial charge in [0.1, 0.15) is 6.54 Å². The zero-order valence-corrected chi connectivity index (χ0v) is 15.4. The van der Waals surface area contributed by atoms with Crippen LogP contribution in [0.1, 0.15) is 12.8 Å². The molecular formula is C20H22N6O2. The molecule has 3 heterocycles. The molecule has 28 heavy (non-hydrogen) atoms. The third kappa shape index (κ3) is 4.11. The van der Waals surface area contributed by atoms with Gasteiger partial charge in [-0.2, -0.15) is 5.10 Å². The van der Waals surface area contributed by atoms with E-state index in [9.17, 15) is 9.59 Å². The quantitative estimate of drug-likeness (QED) is 0.735. The molecule has 2 amide bonds. The Morgan fingerprint density at radius 2 is 2.11 bits per heavy atom. The molecule has 0 aliphatic carbocycles. The second-order valence-electron chi connectivity index (χ2n) is 6.90. The summed E-state index contributed by atoms with van der Waals surface area (Å²) in [4.78, 5) is 31.0. The molecule has 1 atom stereocenters. The van der Waals surface area contributed by atoms with E-state index in [1.54, 1.807) is 39.1 Å². The minimum Gasteiger partial charge on any atom is -0.340 e. The highest BCUT2D eigenvalue weighted by Gasteiger charge is 2.28. The molecule has 1 fully saturated rings. The first-order valence-electron chi connectivity index (χ1n) is 9.33. The monoisotopic (exact) mass is 378 g/mol. The van der Waals surface area contributed by atoms with E-state index in [4.69, 9.17) is 0 Å². The Hall–Kier alpha value is -3.42. The Labute approximate surface area is 162 Å². The average Bonchev–Trinajstić information content (AvgIpc) is 3.42. The SMILES string of the molecule is O=C(Nc1cccc(-n2cccn2)c1)C1CCCN(C(=O)Cn2ccnc2)C1. The number of nitrogens with zero attached hydrogens (tertiary/aromatic N) is 5. The molecule has 1 N–H and O–H groups in total. The van der Waals surface area contributed by atoms with Crippen LogP contribution in [0.2, 0.25) is 0 Å². The summed E-state index contributed by atoms with van der Waals surface area (Å²) < 4.78 is 3.49. The second-order valence-corrected chi connectivity index (χ2v) is 6.90. The largest absolute Gasteiger partial charge is 0.340 e. The smallest absolute Gasteiger partial charge is 0.242 e. The van der Waals surface area contributed by atoms with Crippen LogP contribution in [0.25, 0.3) is 5.69 Å². The zero-order chi connectivity index (χ0) is 19.3. The lowest BCUT2D eigenvalue weighted by Crippen LogP contribution is -2.44. The van der Waals surface area contributed by atoms with E-state index in [0.717, 1.165) is 24.2 Å². The van der Waals surface area contributed by atoms with Crippen LogP contribution in [-0.4, -0.2) is 49.1 Å². The number of aromatic nitrogens is 4. The molecule has 3 aromatic rings. The number of amides is 2. The highest BCUT2D eigenvalue weighted by Crippen LogP contribution is 2.20. The van der Waals surface area contributed by atoms with Crippen molar-refractivity contribution in [2.45, 2.75) is 19.4 Å². The van der Waals surface area contributed by atoms with Crippen molar-refractivity contribution in [3.05, 3.63) is 61.4 Å². The molecule has 1 saturated heterocycles. The summed E-state index contributed by atoms with van der Waals surface area (Å²) in [5.41, 5.74) is 1.60. The Morgan fingerprint density at radius 1 is 1.18 bits per heavy atom. The first-order valence-corrected chi connectivity index (χ1v) is 9.33. The Kier molecular flexibility index (Phi) is 5.18. The summed E-state index contributed by atoms with van der Waals surface area (Å²) >= 11 is 0. The van der Waals surface area contributed by atoms with Crippen molar-refractivity contribution in [3.63, 3.8) is 0 Å². The van der Waals surface area contributed by atoms with Gasteiger partial charge < -0.3 is 14.8 Å². The number of piperidine rings is 1. The van der Waals surface area contributed by atoms with Gasteiger partial charge in [0.15, 0.2) is 0 Å². The van der Waals surface area contributed by atoms with Crippen LogP contribution in [-0.2, 0) is 16.1 Å². The average molecular weight is 378 g/mol. The molecule has 1 aliphatic heterocycles. The topological polar surface area (TPSA) is 85.0 Å². The van der Waals surface area contributed by atoms with Gasteiger partial charge in [-0.15, -0.1) is 0 Å². The fourth-order valence-corrected chi connectivity index (χ4v) is 3.45. The van der Waals surface area contributed by atoms with Gasteiger partial charge in [0, 0.05) is 43.6 Å². The van der Waals surface area contributed by atoms with Gasteiger partial charge in [0.2, 0.25) is 11.8 Å². The van der Waals surface area contributed by atoms with Crippen molar-refractivity contribution < 1.29 is 9.59 Å². The number of anilines is 1. The highest BCUT2D eigenvalue weighted by atomic mass is 16.2. The lowest BCUT2D eigenvalue weighted by molar-refractivity contribution is -0.135. The van der Waals surface area contributed by atoms with Gasteiger partial charge in [0.25, 0.3) is 0 Å². The maximum Gasteiger partial charge on any atom is 0.242 e. The molecule has 1 unspecified atom stereocenters. The van der Waals surface area contributed by atoms with Gasteiger partial charge >= 0.3 is 0 Å². The molecular weight excluding hydrogens is 356 g/mol. The van der Waals surface area contributed by atoms with Crippen molar-refractivity contribution in [2.75, 3.05) is 18.4 Å². The molecule has 0 saturated carbocycles. The molecule has 0 spiro atoms. The molecule has 2 aromatic heterocycles. The van der Waals surface area contributed by atoms with E-state index in [-0.39, 0.29) is 24.3 Å². The molecule has 0 radical (unpaired) electrons. The maximum absolute atomic E-state index is 12.8. The van der Waals surface area contributed by atoms with Crippen LogP contribution in [0.5, 0.6) is 0 Å². The van der Waals surface area contributed by atoms with Gasteiger partial charge in [-0.3, -0.25) is 9.59 Å². The fourth-order valence-electron chi connectivity index (χ4n) is 3.45. The third-order valence-electron chi connectivity index (χ3n) is 4.90. The van der Waals surface area contributed by atoms with Crippen LogP contribution < -0.4 is 5.32 Å². The van der Waals surface area contributed by atoms with Crippen molar-refractivity contribution in [3.8, 4) is 5.69 Å². The molecule has 1 aromatic carbocycles. The first-order chi connectivity index (χ1) is 13.7. The number of carbonyl (C=O) groups is 2. The van der Waals surface area contributed by atoms with Crippen molar-refractivity contribution in [1.29, 1.82) is 0 Å². The fraction of sp³-hybridized carbons (Fsp3) is 0.300. The first kappa shape index (κ1) is 18.0. The number of imidazole rings is 1. The number of carbonyl (C=O) groups excluding carboxylic acids is 2. The molecule has 0 bridgehead atoms. The standard InChI is InChI=1S/C20H22N6O2/c27-19(14-24-11-8-21-15-24)25-9-2-4-16(13-25)20(28)23-17-5-1-6-18(12-17)26-10-3-7-22-26/h1,3,5-8,10-12,15-16H,2,4,9,13-14H2,(H,23,28). The lowest BCUT2D eigenvalue weighted by atomic mass is 9.97. The van der Waals surface area contributed by atoms with Gasteiger partial charge in [-0.1, -0.05) is 6.07 Å². The Balaban J connectivity index is 1.38. The van der Waals surface area contributed by atoms with E-state index >= 15 is 0 Å². The number of likely N-dealkylation sites (tertiary alicyclic amines) is 1. The summed E-state index contributed by atoms with van der Waals surface area (Å²) in [6.07, 6.45) is 10.2. The summed E-state index contributed by atoms with van der Waals surface area (Å²) in [5, 5.41) is 7.20. The Morgan fingerprint density at radius 3 is 2.89 bits per heavy atom. The predicted octanol–water partition coefficient (Wildman–Crippen LogP) is 1.95. The van der Waals surface area contributed by atoms with Crippen LogP contribution in [0, 0.1) is 5.92 Å². The summed E-state index contributed by atoms with van der Waals surface area (Å²) in [6.45, 7) is 1.38. The van der Waals surface area contributed by atoms with Crippen molar-refractivity contribution in [2.24, 2.45) is 5.92 Å². The van der Waals surface area contributed by atoms with Gasteiger partial charge in [-0.05, 0) is 37.1 Å². The molecule has 1 aliphatic rings.